The van der Waals surface area contributed by atoms with Gasteiger partial charge < -0.3 is 10.2 Å². The summed E-state index contributed by atoms with van der Waals surface area (Å²) in [6.45, 7) is 11.1. The largest absolute Gasteiger partial charge is 0.371 e. The van der Waals surface area contributed by atoms with Gasteiger partial charge in [0, 0.05) is 42.7 Å². The van der Waals surface area contributed by atoms with E-state index in [-0.39, 0.29) is 0 Å². The molecule has 5 nitrogen and oxygen atoms in total. The monoisotopic (exact) mass is 449 g/mol. The highest BCUT2D eigenvalue weighted by Crippen LogP contribution is 2.28. The fourth-order valence-electron chi connectivity index (χ4n) is 4.05. The van der Waals surface area contributed by atoms with Crippen molar-refractivity contribution in [3.05, 3.63) is 101 Å². The van der Waals surface area contributed by atoms with E-state index in [4.69, 9.17) is 0 Å². The quantitative estimate of drug-likeness (QED) is 0.540. The average Bonchev–Trinajstić information content (AvgIpc) is 3.21. The summed E-state index contributed by atoms with van der Waals surface area (Å²) >= 11 is 0. The molecule has 0 saturated carbocycles. The SMILES string of the molecule is C=c1ccc(-c2cn[nH]c2-c2cccc(C)n2)c/c1=C(/C=C\C)C1=CN(CCNC)CC=C=C1. The van der Waals surface area contributed by atoms with Crippen LogP contribution < -0.4 is 15.8 Å². The highest BCUT2D eigenvalue weighted by atomic mass is 15.1. The van der Waals surface area contributed by atoms with Crippen molar-refractivity contribution in [2.75, 3.05) is 26.7 Å². The van der Waals surface area contributed by atoms with Crippen LogP contribution in [-0.4, -0.2) is 46.8 Å². The van der Waals surface area contributed by atoms with E-state index in [1.165, 1.54) is 0 Å². The molecule has 0 bridgehead atoms. The average molecular weight is 450 g/mol. The molecule has 2 N–H and O–H groups in total. The van der Waals surface area contributed by atoms with Crippen LogP contribution in [0, 0.1) is 6.92 Å². The van der Waals surface area contributed by atoms with E-state index in [1.54, 1.807) is 0 Å². The first kappa shape index (κ1) is 23.2. The molecule has 172 valence electrons. The molecule has 34 heavy (non-hydrogen) atoms. The summed E-state index contributed by atoms with van der Waals surface area (Å²) in [4.78, 5) is 6.99. The minimum Gasteiger partial charge on any atom is -0.371 e. The topological polar surface area (TPSA) is 56.8 Å². The first-order chi connectivity index (χ1) is 16.6. The molecule has 1 aliphatic heterocycles. The summed E-state index contributed by atoms with van der Waals surface area (Å²) in [5.41, 5.74) is 10.4. The highest BCUT2D eigenvalue weighted by Gasteiger charge is 2.13. The maximum Gasteiger partial charge on any atom is 0.0912 e. The van der Waals surface area contributed by atoms with Crippen LogP contribution in [0.3, 0.4) is 0 Å². The van der Waals surface area contributed by atoms with Crippen LogP contribution in [0.2, 0.25) is 0 Å². The number of H-pyrrole nitrogens is 1. The molecule has 5 heteroatoms. The van der Waals surface area contributed by atoms with Gasteiger partial charge in [0.2, 0.25) is 0 Å². The molecule has 0 atom stereocenters. The number of pyridine rings is 1. The Labute approximate surface area is 201 Å². The van der Waals surface area contributed by atoms with E-state index in [1.807, 2.05) is 45.3 Å². The Bertz CT molecular complexity index is 1400. The van der Waals surface area contributed by atoms with E-state index in [2.05, 4.69) is 86.4 Å². The van der Waals surface area contributed by atoms with Gasteiger partial charge in [-0.15, -0.1) is 5.73 Å². The van der Waals surface area contributed by atoms with Crippen molar-refractivity contribution >= 4 is 12.2 Å². The van der Waals surface area contributed by atoms with Gasteiger partial charge in [0.15, 0.2) is 0 Å². The number of allylic oxidation sites excluding steroid dienone is 3. The Balaban J connectivity index is 1.87. The van der Waals surface area contributed by atoms with Crippen LogP contribution in [0.15, 0.2) is 84.4 Å². The van der Waals surface area contributed by atoms with Crippen LogP contribution in [0.4, 0.5) is 0 Å². The van der Waals surface area contributed by atoms with Crippen molar-refractivity contribution in [2.45, 2.75) is 13.8 Å². The zero-order valence-electron chi connectivity index (χ0n) is 20.1. The van der Waals surface area contributed by atoms with Crippen LogP contribution in [0.5, 0.6) is 0 Å². The molecule has 4 rings (SSSR count). The molecule has 0 amide bonds. The number of aromatic amines is 1. The van der Waals surface area contributed by atoms with Crippen molar-refractivity contribution < 1.29 is 0 Å². The lowest BCUT2D eigenvalue weighted by atomic mass is 9.97. The molecule has 1 aliphatic rings. The van der Waals surface area contributed by atoms with Crippen LogP contribution in [0.1, 0.15) is 12.6 Å². The number of rotatable bonds is 7. The summed E-state index contributed by atoms with van der Waals surface area (Å²) in [5, 5.41) is 12.8. The molecule has 0 aliphatic carbocycles. The van der Waals surface area contributed by atoms with Crippen molar-refractivity contribution in [1.29, 1.82) is 0 Å². The second-order valence-corrected chi connectivity index (χ2v) is 8.31. The number of likely N-dealkylation sites (N-methyl/N-ethyl adjacent to an activating group) is 1. The molecular weight excluding hydrogens is 418 g/mol. The maximum atomic E-state index is 4.69. The standard InChI is InChI=1S/C29H31N5/c1-5-9-25(24-11-6-7-16-34(20-24)17-15-30-4)26-18-23(14-13-21(26)2)27-19-31-33-29(27)28-12-8-10-22(3)32-28/h5,7-14,18-20,30H,2,15-17H2,1,3-4H3,(H,31,33)/b9-5-,26-25+. The maximum absolute atomic E-state index is 4.69. The molecule has 0 saturated heterocycles. The highest BCUT2D eigenvalue weighted by molar-refractivity contribution is 5.81. The molecular formula is C29H31N5. The zero-order chi connectivity index (χ0) is 23.9. The predicted molar refractivity (Wildman–Crippen MR) is 141 cm³/mol. The van der Waals surface area contributed by atoms with E-state index in [9.17, 15) is 0 Å². The third kappa shape index (κ3) is 5.18. The summed E-state index contributed by atoms with van der Waals surface area (Å²) in [7, 11) is 1.98. The Morgan fingerprint density at radius 1 is 1.29 bits per heavy atom. The van der Waals surface area contributed by atoms with Gasteiger partial charge in [-0.2, -0.15) is 5.10 Å². The smallest absolute Gasteiger partial charge is 0.0912 e. The van der Waals surface area contributed by atoms with Gasteiger partial charge in [-0.1, -0.05) is 36.9 Å². The van der Waals surface area contributed by atoms with E-state index < -0.39 is 0 Å². The van der Waals surface area contributed by atoms with E-state index >= 15 is 0 Å². The van der Waals surface area contributed by atoms with Gasteiger partial charge in [0.1, 0.15) is 0 Å². The zero-order valence-corrected chi connectivity index (χ0v) is 20.1. The minimum absolute atomic E-state index is 0.837. The second-order valence-electron chi connectivity index (χ2n) is 8.31. The molecule has 2 aromatic heterocycles. The van der Waals surface area contributed by atoms with E-state index in [0.717, 1.165) is 69.4 Å². The first-order valence-corrected chi connectivity index (χ1v) is 11.6. The fourth-order valence-corrected chi connectivity index (χ4v) is 4.05. The Morgan fingerprint density at radius 3 is 2.97 bits per heavy atom. The van der Waals surface area contributed by atoms with Crippen molar-refractivity contribution in [3.63, 3.8) is 0 Å². The van der Waals surface area contributed by atoms with Gasteiger partial charge >= 0.3 is 0 Å². The lowest BCUT2D eigenvalue weighted by Crippen LogP contribution is -2.28. The van der Waals surface area contributed by atoms with Gasteiger partial charge in [0.25, 0.3) is 0 Å². The number of nitrogens with zero attached hydrogens (tertiary/aromatic N) is 3. The van der Waals surface area contributed by atoms with Gasteiger partial charge in [0.05, 0.1) is 17.6 Å². The number of benzene rings is 1. The van der Waals surface area contributed by atoms with E-state index in [0.29, 0.717) is 0 Å². The van der Waals surface area contributed by atoms with Gasteiger partial charge in [-0.25, -0.2) is 0 Å². The lowest BCUT2D eigenvalue weighted by molar-refractivity contribution is 0.413. The third-order valence-electron chi connectivity index (χ3n) is 5.79. The Hall–Kier alpha value is -3.92. The lowest BCUT2D eigenvalue weighted by Gasteiger charge is -2.19. The number of hydrogen-bond donors (Lipinski definition) is 2. The fraction of sp³-hybridized carbons (Fsp3) is 0.207. The van der Waals surface area contributed by atoms with Crippen LogP contribution >= 0.6 is 0 Å². The van der Waals surface area contributed by atoms with Crippen molar-refractivity contribution in [2.24, 2.45) is 0 Å². The van der Waals surface area contributed by atoms with Crippen LogP contribution in [0.25, 0.3) is 34.7 Å². The molecule has 0 unspecified atom stereocenters. The van der Waals surface area contributed by atoms with Crippen LogP contribution in [-0.2, 0) is 0 Å². The number of aryl methyl sites for hydroxylation is 1. The Morgan fingerprint density at radius 2 is 2.18 bits per heavy atom. The molecule has 3 heterocycles. The summed E-state index contributed by atoms with van der Waals surface area (Å²) in [6.07, 6.45) is 12.4. The van der Waals surface area contributed by atoms with Crippen molar-refractivity contribution in [3.8, 4) is 22.5 Å². The third-order valence-corrected chi connectivity index (χ3v) is 5.79. The number of aromatic nitrogens is 3. The molecule has 0 radical (unpaired) electrons. The van der Waals surface area contributed by atoms with Gasteiger partial charge in [-0.05, 0) is 72.8 Å². The molecule has 1 aromatic carbocycles. The Kier molecular flexibility index (Phi) is 7.38. The molecule has 0 spiro atoms. The second kappa shape index (κ2) is 10.8. The first-order valence-electron chi connectivity index (χ1n) is 11.6. The molecule has 3 aromatic rings. The summed E-state index contributed by atoms with van der Waals surface area (Å²) < 4.78 is 0. The molecule has 0 fully saturated rings. The number of nitrogens with one attached hydrogen (secondary N) is 2. The predicted octanol–water partition coefficient (Wildman–Crippen LogP) is 3.71. The normalized spacial score (nSPS) is 14.4. The summed E-state index contributed by atoms with van der Waals surface area (Å²) in [6, 6.07) is 12.4. The summed E-state index contributed by atoms with van der Waals surface area (Å²) in [5.74, 6) is 0. The minimum atomic E-state index is 0.837. The van der Waals surface area contributed by atoms with Crippen molar-refractivity contribution in [1.82, 2.24) is 25.4 Å². The number of hydrogen-bond acceptors (Lipinski definition) is 4. The van der Waals surface area contributed by atoms with Gasteiger partial charge in [-0.3, -0.25) is 10.1 Å².